The van der Waals surface area contributed by atoms with Crippen molar-refractivity contribution < 1.29 is 9.18 Å². The van der Waals surface area contributed by atoms with E-state index in [9.17, 15) is 9.18 Å². The zero-order chi connectivity index (χ0) is 16.7. The molecular weight excluding hydrogens is 307 g/mol. The van der Waals surface area contributed by atoms with Gasteiger partial charge < -0.3 is 5.32 Å². The molecule has 3 aromatic rings. The number of pyridine rings is 3. The summed E-state index contributed by atoms with van der Waals surface area (Å²) in [5.41, 5.74) is 2.89. The summed E-state index contributed by atoms with van der Waals surface area (Å²) in [7, 11) is 0. The van der Waals surface area contributed by atoms with Crippen molar-refractivity contribution in [1.29, 1.82) is 0 Å². The molecule has 0 saturated heterocycles. The third-order valence-corrected chi connectivity index (χ3v) is 4.22. The van der Waals surface area contributed by atoms with E-state index in [1.165, 1.54) is 0 Å². The zero-order valence-electron chi connectivity index (χ0n) is 13.0. The number of carbonyl (C=O) groups is 1. The number of amides is 1. The summed E-state index contributed by atoms with van der Waals surface area (Å²) in [6.07, 6.45) is 6.24. The molecule has 0 radical (unpaired) electrons. The van der Waals surface area contributed by atoms with Crippen LogP contribution >= 0.6 is 0 Å². The van der Waals surface area contributed by atoms with Crippen LogP contribution in [0.5, 0.6) is 0 Å². The van der Waals surface area contributed by atoms with Crippen LogP contribution in [-0.2, 0) is 4.79 Å². The van der Waals surface area contributed by atoms with Gasteiger partial charge in [-0.2, -0.15) is 0 Å². The number of hydrogen-bond donors (Lipinski definition) is 1. The lowest BCUT2D eigenvalue weighted by Crippen LogP contribution is -2.15. The van der Waals surface area contributed by atoms with Crippen molar-refractivity contribution >= 4 is 22.5 Å². The third-order valence-electron chi connectivity index (χ3n) is 4.22. The number of hydrogen-bond acceptors (Lipinski definition) is 4. The Labute approximate surface area is 138 Å². The molecule has 1 saturated carbocycles. The topological polar surface area (TPSA) is 67.8 Å². The van der Waals surface area contributed by atoms with Crippen LogP contribution in [-0.4, -0.2) is 27.0 Å². The van der Waals surface area contributed by atoms with Crippen LogP contribution in [0.15, 0.2) is 43.0 Å². The second-order valence-corrected chi connectivity index (χ2v) is 6.02. The number of rotatable bonds is 3. The quantitative estimate of drug-likeness (QED) is 0.803. The maximum absolute atomic E-state index is 12.9. The van der Waals surface area contributed by atoms with Crippen LogP contribution in [0.1, 0.15) is 12.0 Å². The number of alkyl halides is 1. The Hall–Kier alpha value is -2.89. The molecule has 0 aromatic carbocycles. The lowest BCUT2D eigenvalue weighted by atomic mass is 10.1. The molecule has 0 spiro atoms. The fourth-order valence-electron chi connectivity index (χ4n) is 2.64. The van der Waals surface area contributed by atoms with E-state index in [4.69, 9.17) is 0 Å². The Kier molecular flexibility index (Phi) is 3.45. The van der Waals surface area contributed by atoms with Gasteiger partial charge >= 0.3 is 0 Å². The van der Waals surface area contributed by atoms with Crippen molar-refractivity contribution in [3.8, 4) is 11.3 Å². The fraction of sp³-hybridized carbons (Fsp3) is 0.222. The van der Waals surface area contributed by atoms with Gasteiger partial charge in [-0.3, -0.25) is 14.8 Å². The summed E-state index contributed by atoms with van der Waals surface area (Å²) in [6, 6.07) is 5.63. The normalized spacial score (nSPS) is 19.2. The van der Waals surface area contributed by atoms with E-state index in [0.29, 0.717) is 12.2 Å². The molecule has 6 heteroatoms. The maximum atomic E-state index is 12.9. The summed E-state index contributed by atoms with van der Waals surface area (Å²) in [5, 5.41) is 4.43. The molecule has 1 amide bonds. The molecule has 3 heterocycles. The zero-order valence-corrected chi connectivity index (χ0v) is 13.0. The summed E-state index contributed by atoms with van der Waals surface area (Å²) in [4.78, 5) is 24.6. The monoisotopic (exact) mass is 322 g/mol. The van der Waals surface area contributed by atoms with Gasteiger partial charge in [0.25, 0.3) is 0 Å². The van der Waals surface area contributed by atoms with Gasteiger partial charge in [0.15, 0.2) is 0 Å². The summed E-state index contributed by atoms with van der Waals surface area (Å²) >= 11 is 0. The predicted molar refractivity (Wildman–Crippen MR) is 89.1 cm³/mol. The van der Waals surface area contributed by atoms with Crippen LogP contribution in [0.2, 0.25) is 0 Å². The minimum atomic E-state index is -1.02. The highest BCUT2D eigenvalue weighted by atomic mass is 19.1. The molecule has 0 aliphatic heterocycles. The van der Waals surface area contributed by atoms with E-state index in [1.807, 2.05) is 19.1 Å². The first-order chi connectivity index (χ1) is 11.6. The minimum Gasteiger partial charge on any atom is -0.310 e. The molecule has 1 N–H and O–H groups in total. The fourth-order valence-corrected chi connectivity index (χ4v) is 2.64. The van der Waals surface area contributed by atoms with Crippen LogP contribution in [0.3, 0.4) is 0 Å². The highest BCUT2D eigenvalue weighted by molar-refractivity contribution is 5.96. The van der Waals surface area contributed by atoms with Gasteiger partial charge in [0.1, 0.15) is 12.0 Å². The first-order valence-corrected chi connectivity index (χ1v) is 7.73. The molecule has 120 valence electrons. The second-order valence-electron chi connectivity index (χ2n) is 6.02. The molecular formula is C18H15FN4O. The molecule has 1 aliphatic rings. The van der Waals surface area contributed by atoms with Crippen LogP contribution in [0, 0.1) is 12.8 Å². The summed E-state index contributed by atoms with van der Waals surface area (Å²) in [6.45, 7) is 2.01. The first-order valence-electron chi connectivity index (χ1n) is 7.73. The number of halogens is 1. The average molecular weight is 322 g/mol. The SMILES string of the molecule is Cc1ccncc1-c1cc2cnc(NC(=O)[C@@H]3C[C@@H]3F)cc2cn1. The Morgan fingerprint density at radius 2 is 1.96 bits per heavy atom. The molecule has 24 heavy (non-hydrogen) atoms. The predicted octanol–water partition coefficient (Wildman–Crippen LogP) is 3.30. The van der Waals surface area contributed by atoms with Gasteiger partial charge in [-0.25, -0.2) is 9.37 Å². The van der Waals surface area contributed by atoms with E-state index in [2.05, 4.69) is 20.3 Å². The van der Waals surface area contributed by atoms with Gasteiger partial charge in [0, 0.05) is 41.1 Å². The smallest absolute Gasteiger partial charge is 0.231 e. The summed E-state index contributed by atoms with van der Waals surface area (Å²) in [5.74, 6) is -0.430. The van der Waals surface area contributed by atoms with Crippen LogP contribution < -0.4 is 5.32 Å². The molecule has 1 aliphatic carbocycles. The van der Waals surface area contributed by atoms with Crippen molar-refractivity contribution in [2.45, 2.75) is 19.5 Å². The molecule has 0 unspecified atom stereocenters. The lowest BCUT2D eigenvalue weighted by Gasteiger charge is -2.07. The van der Waals surface area contributed by atoms with Crippen LogP contribution in [0.4, 0.5) is 10.2 Å². The highest BCUT2D eigenvalue weighted by Gasteiger charge is 2.43. The van der Waals surface area contributed by atoms with Gasteiger partial charge in [0.2, 0.25) is 5.91 Å². The average Bonchev–Trinajstić information content (AvgIpc) is 3.32. The molecule has 5 nitrogen and oxygen atoms in total. The van der Waals surface area contributed by atoms with Crippen molar-refractivity contribution in [2.24, 2.45) is 5.92 Å². The van der Waals surface area contributed by atoms with Crippen molar-refractivity contribution in [3.05, 3.63) is 48.5 Å². The largest absolute Gasteiger partial charge is 0.310 e. The molecule has 4 rings (SSSR count). The van der Waals surface area contributed by atoms with Gasteiger partial charge in [0.05, 0.1) is 11.6 Å². The van der Waals surface area contributed by atoms with E-state index < -0.39 is 12.1 Å². The minimum absolute atomic E-state index is 0.300. The molecule has 1 fully saturated rings. The lowest BCUT2D eigenvalue weighted by molar-refractivity contribution is -0.117. The van der Waals surface area contributed by atoms with E-state index in [-0.39, 0.29) is 5.91 Å². The molecule has 0 bridgehead atoms. The van der Waals surface area contributed by atoms with E-state index >= 15 is 0 Å². The number of fused-ring (bicyclic) bond motifs is 1. The van der Waals surface area contributed by atoms with Gasteiger partial charge in [-0.05, 0) is 37.1 Å². The van der Waals surface area contributed by atoms with Crippen LogP contribution in [0.25, 0.3) is 22.0 Å². The first kappa shape index (κ1) is 14.7. The Balaban J connectivity index is 1.63. The number of carbonyl (C=O) groups excluding carboxylic acids is 1. The number of aryl methyl sites for hydroxylation is 1. The van der Waals surface area contributed by atoms with Crippen molar-refractivity contribution in [3.63, 3.8) is 0 Å². The number of nitrogens with one attached hydrogen (secondary N) is 1. The highest BCUT2D eigenvalue weighted by Crippen LogP contribution is 2.34. The molecule has 3 aromatic heterocycles. The third kappa shape index (κ3) is 2.71. The van der Waals surface area contributed by atoms with Gasteiger partial charge in [-0.1, -0.05) is 0 Å². The van der Waals surface area contributed by atoms with Gasteiger partial charge in [-0.15, -0.1) is 0 Å². The van der Waals surface area contributed by atoms with Crippen molar-refractivity contribution in [2.75, 3.05) is 5.32 Å². The maximum Gasteiger partial charge on any atom is 0.231 e. The van der Waals surface area contributed by atoms with Crippen molar-refractivity contribution in [1.82, 2.24) is 15.0 Å². The Bertz CT molecular complexity index is 943. The second kappa shape index (κ2) is 5.63. The summed E-state index contributed by atoms with van der Waals surface area (Å²) < 4.78 is 12.9. The number of nitrogens with zero attached hydrogens (tertiary/aromatic N) is 3. The Morgan fingerprint density at radius 3 is 2.71 bits per heavy atom. The standard InChI is InChI=1S/C18H15FN4O/c1-10-2-3-20-9-14(10)16-4-11-8-22-17(5-12(11)7-21-16)23-18(24)13-6-15(13)19/h2-5,7-9,13,15H,6H2,1H3,(H,22,23,24)/t13-,15+/m1/s1. The Morgan fingerprint density at radius 1 is 1.21 bits per heavy atom. The van der Waals surface area contributed by atoms with E-state index in [0.717, 1.165) is 27.6 Å². The number of anilines is 1. The molecule has 2 atom stereocenters. The number of aromatic nitrogens is 3. The van der Waals surface area contributed by atoms with E-state index in [1.54, 1.807) is 30.9 Å².